The number of aromatic nitrogens is 6. The normalized spacial score (nSPS) is 20.1. The van der Waals surface area contributed by atoms with Gasteiger partial charge in [-0.3, -0.25) is 0 Å². The van der Waals surface area contributed by atoms with Crippen molar-refractivity contribution in [2.45, 2.75) is 45.1 Å². The first-order valence-corrected chi connectivity index (χ1v) is 17.2. The molecule has 4 aliphatic rings. The largest absolute Gasteiger partial charge is 0.491 e. The molecule has 8 rings (SSSR count). The van der Waals surface area contributed by atoms with Crippen molar-refractivity contribution in [2.24, 2.45) is 0 Å². The van der Waals surface area contributed by atoms with Gasteiger partial charge in [-0.05, 0) is 80.9 Å². The maximum absolute atomic E-state index is 12.8. The number of anilines is 2. The van der Waals surface area contributed by atoms with Crippen LogP contribution < -0.4 is 20.2 Å². The molecule has 3 atom stereocenters. The van der Waals surface area contributed by atoms with Gasteiger partial charge in [0, 0.05) is 48.1 Å². The second-order valence-electron chi connectivity index (χ2n) is 12.4. The minimum atomic E-state index is -0.944. The summed E-state index contributed by atoms with van der Waals surface area (Å²) in [5, 5.41) is 12.4. The summed E-state index contributed by atoms with van der Waals surface area (Å²) in [6, 6.07) is 21.7. The van der Waals surface area contributed by atoms with E-state index in [4.69, 9.17) is 37.4 Å². The number of nitrogens with zero attached hydrogens (tertiary/aromatic N) is 8. The SMILES string of the molecule is CCC(C)n1ncn(-c2ccc(N3CCN(c4ccc(OCC5COC(C)(c6ccc(Cl)cc6Cl)O5)cc4)CC3)cc2)c1=O.c1c2nnn1-2. The van der Waals surface area contributed by atoms with Crippen LogP contribution in [0.3, 0.4) is 0 Å². The van der Waals surface area contributed by atoms with E-state index in [1.807, 2.05) is 57.3 Å². The molecule has 3 unspecified atom stereocenters. The summed E-state index contributed by atoms with van der Waals surface area (Å²) < 4.78 is 23.1. The van der Waals surface area contributed by atoms with E-state index in [1.54, 1.807) is 32.4 Å². The molecular weight excluding hydrogens is 667 g/mol. The maximum Gasteiger partial charge on any atom is 0.350 e. The van der Waals surface area contributed by atoms with Crippen molar-refractivity contribution in [3.05, 3.63) is 105 Å². The number of ether oxygens (including phenoxy) is 3. The third kappa shape index (κ3) is 7.18. The molecule has 2 fully saturated rings. The monoisotopic (exact) mass is 704 g/mol. The van der Waals surface area contributed by atoms with E-state index in [2.05, 4.69) is 49.5 Å². The van der Waals surface area contributed by atoms with Gasteiger partial charge in [-0.15, -0.1) is 5.10 Å². The number of halogens is 2. The van der Waals surface area contributed by atoms with Crippen LogP contribution in [0.4, 0.5) is 11.4 Å². The van der Waals surface area contributed by atoms with Crippen molar-refractivity contribution in [2.75, 3.05) is 49.2 Å². The quantitative estimate of drug-likeness (QED) is 0.182. The number of rotatable bonds is 9. The number of piperazine rings is 1. The molecule has 256 valence electrons. The van der Waals surface area contributed by atoms with Crippen LogP contribution >= 0.6 is 23.2 Å². The molecule has 2 saturated heterocycles. The van der Waals surface area contributed by atoms with Gasteiger partial charge >= 0.3 is 5.69 Å². The van der Waals surface area contributed by atoms with Gasteiger partial charge in [-0.2, -0.15) is 9.78 Å². The van der Waals surface area contributed by atoms with Crippen molar-refractivity contribution < 1.29 is 14.2 Å². The molecule has 0 radical (unpaired) electrons. The Morgan fingerprint density at radius 1 is 0.959 bits per heavy atom. The van der Waals surface area contributed by atoms with Crippen LogP contribution in [0.15, 0.2) is 84.0 Å². The molecule has 5 heterocycles. The lowest BCUT2D eigenvalue weighted by Crippen LogP contribution is -2.46. The number of fused-ring (bicyclic) bond motifs is 1. The second kappa shape index (κ2) is 13.9. The van der Waals surface area contributed by atoms with Gasteiger partial charge in [0.2, 0.25) is 0 Å². The van der Waals surface area contributed by atoms with Gasteiger partial charge in [-0.1, -0.05) is 41.4 Å². The Bertz CT molecular complexity index is 1930. The summed E-state index contributed by atoms with van der Waals surface area (Å²) >= 11 is 12.4. The third-order valence-corrected chi connectivity index (χ3v) is 9.67. The van der Waals surface area contributed by atoms with Gasteiger partial charge in [0.25, 0.3) is 0 Å². The lowest BCUT2D eigenvalue weighted by Gasteiger charge is -2.37. The summed E-state index contributed by atoms with van der Waals surface area (Å²) in [5.41, 5.74) is 3.76. The second-order valence-corrected chi connectivity index (χ2v) is 13.3. The van der Waals surface area contributed by atoms with Crippen LogP contribution in [0, 0.1) is 0 Å². The van der Waals surface area contributed by atoms with Gasteiger partial charge in [0.1, 0.15) is 24.8 Å². The first-order chi connectivity index (χ1) is 23.7. The van der Waals surface area contributed by atoms with E-state index in [1.165, 1.54) is 0 Å². The van der Waals surface area contributed by atoms with Crippen LogP contribution in [-0.2, 0) is 15.3 Å². The van der Waals surface area contributed by atoms with E-state index in [-0.39, 0.29) is 17.8 Å². The predicted molar refractivity (Wildman–Crippen MR) is 189 cm³/mol. The average Bonchev–Trinajstić information content (AvgIpc) is 3.37. The van der Waals surface area contributed by atoms with E-state index in [0.29, 0.717) is 23.3 Å². The summed E-state index contributed by atoms with van der Waals surface area (Å²) in [6.45, 7) is 10.3. The molecule has 4 aromatic rings. The highest BCUT2D eigenvalue weighted by molar-refractivity contribution is 6.35. The summed E-state index contributed by atoms with van der Waals surface area (Å²) in [4.78, 5) is 17.5. The molecule has 1 aromatic heterocycles. The zero-order valence-corrected chi connectivity index (χ0v) is 29.1. The number of hydrogen-bond donors (Lipinski definition) is 0. The Hall–Kier alpha value is -4.36. The Morgan fingerprint density at radius 2 is 1.59 bits per heavy atom. The molecule has 49 heavy (non-hydrogen) atoms. The van der Waals surface area contributed by atoms with Gasteiger partial charge in [-0.25, -0.2) is 14.0 Å². The predicted octanol–water partition coefficient (Wildman–Crippen LogP) is 5.89. The van der Waals surface area contributed by atoms with Crippen molar-refractivity contribution >= 4 is 34.6 Å². The minimum Gasteiger partial charge on any atom is -0.491 e. The molecular formula is C35H38Cl2N8O4. The van der Waals surface area contributed by atoms with Crippen LogP contribution in [0.5, 0.6) is 5.75 Å². The lowest BCUT2D eigenvalue weighted by atomic mass is 10.1. The van der Waals surface area contributed by atoms with Crippen molar-refractivity contribution in [3.63, 3.8) is 0 Å². The first-order valence-electron chi connectivity index (χ1n) is 16.4. The molecule has 3 aromatic carbocycles. The van der Waals surface area contributed by atoms with Crippen LogP contribution in [0.2, 0.25) is 10.0 Å². The van der Waals surface area contributed by atoms with Gasteiger partial charge in [0.15, 0.2) is 11.6 Å². The average molecular weight is 706 g/mol. The third-order valence-electron chi connectivity index (χ3n) is 9.12. The molecule has 14 heteroatoms. The molecule has 12 nitrogen and oxygen atoms in total. The topological polar surface area (TPSA) is 105 Å². The fraction of sp³-hybridized carbons (Fsp3) is 0.371. The highest BCUT2D eigenvalue weighted by atomic mass is 35.5. The summed E-state index contributed by atoms with van der Waals surface area (Å²) in [7, 11) is 0. The Kier molecular flexibility index (Phi) is 9.38. The first kappa shape index (κ1) is 33.2. The smallest absolute Gasteiger partial charge is 0.350 e. The van der Waals surface area contributed by atoms with Gasteiger partial charge in [0.05, 0.1) is 29.6 Å². The summed E-state index contributed by atoms with van der Waals surface area (Å²) in [5.74, 6) is 0.855. The number of benzene rings is 3. The van der Waals surface area contributed by atoms with E-state index < -0.39 is 5.79 Å². The Balaban J connectivity index is 0.000000683. The van der Waals surface area contributed by atoms with Gasteiger partial charge < -0.3 is 24.0 Å². The fourth-order valence-electron chi connectivity index (χ4n) is 5.96. The van der Waals surface area contributed by atoms with E-state index in [9.17, 15) is 4.79 Å². The zero-order valence-electron chi connectivity index (χ0n) is 27.6. The number of hydrogen-bond acceptors (Lipinski definition) is 9. The fourth-order valence-corrected chi connectivity index (χ4v) is 6.54. The van der Waals surface area contributed by atoms with Crippen LogP contribution in [-0.4, -0.2) is 74.8 Å². The molecule has 0 amide bonds. The zero-order chi connectivity index (χ0) is 34.1. The van der Waals surface area contributed by atoms with Crippen LogP contribution in [0.1, 0.15) is 38.8 Å². The standard InChI is InChI=1S/C33H37Cl2N5O4.C2HN3/c1-4-23(2)40-32(41)39(22-36-40)27-8-6-25(7-9-27)37-15-17-38(18-16-37)26-10-12-28(13-11-26)42-20-29-21-43-33(3,44-29)30-14-5-24(34)19-31(30)35;1-2-3-4-5(1)2/h5-14,19,22-23,29H,4,15-18,20-21H2,1-3H3;1H. The van der Waals surface area contributed by atoms with Crippen molar-refractivity contribution in [3.8, 4) is 17.3 Å². The molecule has 0 N–H and O–H groups in total. The molecule has 0 bridgehead atoms. The molecule has 0 spiro atoms. The summed E-state index contributed by atoms with van der Waals surface area (Å²) in [6.07, 6.45) is 4.09. The Morgan fingerprint density at radius 3 is 2.14 bits per heavy atom. The molecule has 0 saturated carbocycles. The van der Waals surface area contributed by atoms with Crippen LogP contribution in [0.25, 0.3) is 11.5 Å². The van der Waals surface area contributed by atoms with E-state index >= 15 is 0 Å². The lowest BCUT2D eigenvalue weighted by molar-refractivity contribution is -0.164. The molecule has 0 aliphatic carbocycles. The molecule has 4 aliphatic heterocycles. The maximum atomic E-state index is 12.8. The minimum absolute atomic E-state index is 0.0725. The Labute approximate surface area is 294 Å². The van der Waals surface area contributed by atoms with Crippen molar-refractivity contribution in [1.29, 1.82) is 0 Å². The highest BCUT2D eigenvalue weighted by Crippen LogP contribution is 2.39. The van der Waals surface area contributed by atoms with E-state index in [0.717, 1.165) is 66.8 Å². The highest BCUT2D eigenvalue weighted by Gasteiger charge is 2.40. The van der Waals surface area contributed by atoms with Crippen molar-refractivity contribution in [1.82, 2.24) is 29.3 Å².